The van der Waals surface area contributed by atoms with Crippen LogP contribution >= 0.6 is 0 Å². The number of hydrogen-bond donors (Lipinski definition) is 1. The Morgan fingerprint density at radius 3 is 2.60 bits per heavy atom. The number of morpholine rings is 1. The van der Waals surface area contributed by atoms with Crippen LogP contribution in [0.5, 0.6) is 0 Å². The molecule has 88 valence electrons. The minimum atomic E-state index is -0.684. The van der Waals surface area contributed by atoms with E-state index in [0.717, 1.165) is 39.1 Å². The van der Waals surface area contributed by atoms with Gasteiger partial charge in [-0.15, -0.1) is 0 Å². The van der Waals surface area contributed by atoms with Gasteiger partial charge in [-0.25, -0.2) is 4.39 Å². The van der Waals surface area contributed by atoms with Crippen molar-refractivity contribution in [2.24, 2.45) is 0 Å². The monoisotopic (exact) mass is 216 g/mol. The van der Waals surface area contributed by atoms with E-state index in [1.54, 1.807) is 0 Å². The molecule has 0 aromatic carbocycles. The highest BCUT2D eigenvalue weighted by Gasteiger charge is 2.32. The van der Waals surface area contributed by atoms with Gasteiger partial charge < -0.3 is 10.1 Å². The molecule has 1 N–H and O–H groups in total. The fourth-order valence-corrected chi connectivity index (χ4v) is 2.69. The summed E-state index contributed by atoms with van der Waals surface area (Å²) in [6, 6.07) is 0.510. The maximum Gasteiger partial charge on any atom is 0.117 e. The normalized spacial score (nSPS) is 39.2. The van der Waals surface area contributed by atoms with Gasteiger partial charge in [0.2, 0.25) is 0 Å². The molecule has 1 saturated carbocycles. The lowest BCUT2D eigenvalue weighted by Gasteiger charge is -2.40. The van der Waals surface area contributed by atoms with Crippen molar-refractivity contribution in [2.75, 3.05) is 33.4 Å². The highest BCUT2D eigenvalue weighted by atomic mass is 19.1. The van der Waals surface area contributed by atoms with Crippen LogP contribution in [0.2, 0.25) is 0 Å². The Kier molecular flexibility index (Phi) is 3.94. The summed E-state index contributed by atoms with van der Waals surface area (Å²) in [5.41, 5.74) is 0. The lowest BCUT2D eigenvalue weighted by atomic mass is 9.88. The molecule has 0 aromatic heterocycles. The fraction of sp³-hybridized carbons (Fsp3) is 1.00. The van der Waals surface area contributed by atoms with E-state index in [1.807, 2.05) is 7.05 Å². The molecule has 1 heterocycles. The lowest BCUT2D eigenvalue weighted by Crippen LogP contribution is -2.50. The Balaban J connectivity index is 1.84. The first kappa shape index (κ1) is 11.3. The van der Waals surface area contributed by atoms with Gasteiger partial charge in [0, 0.05) is 25.2 Å². The molecule has 1 aliphatic carbocycles. The van der Waals surface area contributed by atoms with Crippen molar-refractivity contribution in [1.82, 2.24) is 10.2 Å². The van der Waals surface area contributed by atoms with Crippen molar-refractivity contribution in [3.8, 4) is 0 Å². The maximum absolute atomic E-state index is 13.7. The Bertz CT molecular complexity index is 197. The van der Waals surface area contributed by atoms with Crippen LogP contribution in [0.3, 0.4) is 0 Å². The SMILES string of the molecule is CNC1CCC(N2CCOCC2)CC1F. The lowest BCUT2D eigenvalue weighted by molar-refractivity contribution is -0.00395. The van der Waals surface area contributed by atoms with E-state index < -0.39 is 6.17 Å². The Hall–Kier alpha value is -0.190. The van der Waals surface area contributed by atoms with Crippen LogP contribution in [-0.4, -0.2) is 56.5 Å². The van der Waals surface area contributed by atoms with Crippen LogP contribution in [0.15, 0.2) is 0 Å². The summed E-state index contributed by atoms with van der Waals surface area (Å²) in [7, 11) is 1.85. The average molecular weight is 216 g/mol. The molecular weight excluding hydrogens is 195 g/mol. The van der Waals surface area contributed by atoms with Gasteiger partial charge in [0.1, 0.15) is 6.17 Å². The van der Waals surface area contributed by atoms with E-state index in [2.05, 4.69) is 10.2 Å². The molecule has 0 bridgehead atoms. The summed E-state index contributed by atoms with van der Waals surface area (Å²) in [4.78, 5) is 2.39. The van der Waals surface area contributed by atoms with Crippen LogP contribution < -0.4 is 5.32 Å². The number of halogens is 1. The second kappa shape index (κ2) is 5.23. The second-order valence-corrected chi connectivity index (χ2v) is 4.53. The van der Waals surface area contributed by atoms with Gasteiger partial charge in [-0.05, 0) is 26.3 Å². The van der Waals surface area contributed by atoms with Crippen molar-refractivity contribution < 1.29 is 9.13 Å². The molecule has 4 heteroatoms. The van der Waals surface area contributed by atoms with E-state index in [0.29, 0.717) is 12.5 Å². The zero-order chi connectivity index (χ0) is 10.7. The predicted molar refractivity (Wildman–Crippen MR) is 57.8 cm³/mol. The first-order valence-electron chi connectivity index (χ1n) is 5.94. The number of ether oxygens (including phenoxy) is 1. The third-order valence-electron chi connectivity index (χ3n) is 3.68. The molecule has 0 spiro atoms. The molecule has 1 saturated heterocycles. The van der Waals surface area contributed by atoms with Crippen molar-refractivity contribution in [3.63, 3.8) is 0 Å². The first-order chi connectivity index (χ1) is 7.31. The van der Waals surface area contributed by atoms with E-state index in [4.69, 9.17) is 4.74 Å². The molecule has 0 amide bonds. The molecule has 0 radical (unpaired) electrons. The molecule has 2 aliphatic rings. The average Bonchev–Trinajstić information content (AvgIpc) is 2.30. The standard InChI is InChI=1S/C11H21FN2O/c1-13-11-3-2-9(8-10(11)12)14-4-6-15-7-5-14/h9-11,13H,2-8H2,1H3. The second-order valence-electron chi connectivity index (χ2n) is 4.53. The number of nitrogens with zero attached hydrogens (tertiary/aromatic N) is 1. The summed E-state index contributed by atoms with van der Waals surface area (Å²) in [6.07, 6.45) is 2.08. The quantitative estimate of drug-likeness (QED) is 0.739. The highest BCUT2D eigenvalue weighted by molar-refractivity contribution is 4.89. The highest BCUT2D eigenvalue weighted by Crippen LogP contribution is 2.26. The molecular formula is C11H21FN2O. The van der Waals surface area contributed by atoms with Gasteiger partial charge in [-0.1, -0.05) is 0 Å². The largest absolute Gasteiger partial charge is 0.379 e. The van der Waals surface area contributed by atoms with Crippen LogP contribution in [-0.2, 0) is 4.74 Å². The van der Waals surface area contributed by atoms with Crippen molar-refractivity contribution >= 4 is 0 Å². The zero-order valence-corrected chi connectivity index (χ0v) is 9.42. The van der Waals surface area contributed by atoms with E-state index >= 15 is 0 Å². The van der Waals surface area contributed by atoms with Gasteiger partial charge in [0.15, 0.2) is 0 Å². The molecule has 3 atom stereocenters. The first-order valence-corrected chi connectivity index (χ1v) is 5.94. The van der Waals surface area contributed by atoms with Gasteiger partial charge >= 0.3 is 0 Å². The number of nitrogens with one attached hydrogen (secondary N) is 1. The molecule has 15 heavy (non-hydrogen) atoms. The smallest absolute Gasteiger partial charge is 0.117 e. The number of alkyl halides is 1. The molecule has 3 nitrogen and oxygen atoms in total. The molecule has 2 rings (SSSR count). The minimum Gasteiger partial charge on any atom is -0.379 e. The number of hydrogen-bond acceptors (Lipinski definition) is 3. The third-order valence-corrected chi connectivity index (χ3v) is 3.68. The fourth-order valence-electron chi connectivity index (χ4n) is 2.69. The van der Waals surface area contributed by atoms with Crippen molar-refractivity contribution in [3.05, 3.63) is 0 Å². The van der Waals surface area contributed by atoms with Crippen LogP contribution in [0, 0.1) is 0 Å². The van der Waals surface area contributed by atoms with Gasteiger partial charge in [0.05, 0.1) is 13.2 Å². The van der Waals surface area contributed by atoms with Crippen molar-refractivity contribution in [1.29, 1.82) is 0 Å². The molecule has 2 fully saturated rings. The van der Waals surface area contributed by atoms with Gasteiger partial charge in [0.25, 0.3) is 0 Å². The van der Waals surface area contributed by atoms with E-state index in [1.165, 1.54) is 0 Å². The topological polar surface area (TPSA) is 24.5 Å². The molecule has 0 aromatic rings. The Morgan fingerprint density at radius 1 is 1.27 bits per heavy atom. The van der Waals surface area contributed by atoms with Gasteiger partial charge in [-0.3, -0.25) is 4.90 Å². The zero-order valence-electron chi connectivity index (χ0n) is 9.42. The van der Waals surface area contributed by atoms with Crippen LogP contribution in [0.1, 0.15) is 19.3 Å². The Labute approximate surface area is 91.0 Å². The van der Waals surface area contributed by atoms with E-state index in [9.17, 15) is 4.39 Å². The minimum absolute atomic E-state index is 0.0716. The maximum atomic E-state index is 13.7. The summed E-state index contributed by atoms with van der Waals surface area (Å²) in [5, 5.41) is 3.06. The number of rotatable bonds is 2. The third kappa shape index (κ3) is 2.68. The van der Waals surface area contributed by atoms with Crippen molar-refractivity contribution in [2.45, 2.75) is 37.5 Å². The summed E-state index contributed by atoms with van der Waals surface area (Å²) in [5.74, 6) is 0. The summed E-state index contributed by atoms with van der Waals surface area (Å²) in [6.45, 7) is 3.56. The van der Waals surface area contributed by atoms with E-state index in [-0.39, 0.29) is 6.04 Å². The summed E-state index contributed by atoms with van der Waals surface area (Å²) < 4.78 is 19.0. The van der Waals surface area contributed by atoms with Gasteiger partial charge in [-0.2, -0.15) is 0 Å². The van der Waals surface area contributed by atoms with Crippen LogP contribution in [0.25, 0.3) is 0 Å². The molecule has 3 unspecified atom stereocenters. The molecule has 1 aliphatic heterocycles. The summed E-state index contributed by atoms with van der Waals surface area (Å²) >= 11 is 0. The van der Waals surface area contributed by atoms with Crippen LogP contribution in [0.4, 0.5) is 4.39 Å². The predicted octanol–water partition coefficient (Wildman–Crippen LogP) is 0.797. The Morgan fingerprint density at radius 2 is 2.00 bits per heavy atom.